The van der Waals surface area contributed by atoms with Gasteiger partial charge in [-0.25, -0.2) is 0 Å². The van der Waals surface area contributed by atoms with Gasteiger partial charge in [0.25, 0.3) is 0 Å². The molecule has 0 aliphatic carbocycles. The summed E-state index contributed by atoms with van der Waals surface area (Å²) in [6.45, 7) is 0.497. The monoisotopic (exact) mass is 328 g/mol. The topological polar surface area (TPSA) is 48.1 Å². The van der Waals surface area contributed by atoms with Crippen LogP contribution in [0.2, 0.25) is 0 Å². The highest BCUT2D eigenvalue weighted by molar-refractivity contribution is 9.10. The highest BCUT2D eigenvalue weighted by atomic mass is 79.9. The van der Waals surface area contributed by atoms with Crippen LogP contribution in [-0.2, 0) is 6.54 Å². The normalized spacial score (nSPS) is 10.7. The second kappa shape index (κ2) is 5.61. The van der Waals surface area contributed by atoms with Crippen molar-refractivity contribution >= 4 is 26.8 Å². The van der Waals surface area contributed by atoms with Gasteiger partial charge in [-0.15, -0.1) is 0 Å². The van der Waals surface area contributed by atoms with Crippen LogP contribution in [-0.4, -0.2) is 4.98 Å². The highest BCUT2D eigenvalue weighted by Gasteiger charge is 2.06. The summed E-state index contributed by atoms with van der Waals surface area (Å²) >= 11 is 3.49. The number of ether oxygens (including phenoxy) is 1. The van der Waals surface area contributed by atoms with Gasteiger partial charge in [-0.05, 0) is 29.8 Å². The molecule has 100 valence electrons. The first-order valence-electron chi connectivity index (χ1n) is 6.28. The van der Waals surface area contributed by atoms with Gasteiger partial charge in [0, 0.05) is 22.6 Å². The molecule has 3 nitrogen and oxygen atoms in total. The van der Waals surface area contributed by atoms with E-state index in [2.05, 4.69) is 20.9 Å². The molecule has 1 aromatic heterocycles. The van der Waals surface area contributed by atoms with Gasteiger partial charge in [0.15, 0.2) is 5.75 Å². The lowest BCUT2D eigenvalue weighted by Crippen LogP contribution is -1.97. The molecule has 4 heteroatoms. The molecule has 2 aromatic carbocycles. The molecule has 3 rings (SSSR count). The van der Waals surface area contributed by atoms with Crippen molar-refractivity contribution in [2.24, 2.45) is 5.73 Å². The summed E-state index contributed by atoms with van der Waals surface area (Å²) in [7, 11) is 0. The maximum Gasteiger partial charge on any atom is 0.153 e. The number of halogens is 1. The van der Waals surface area contributed by atoms with Crippen molar-refractivity contribution in [1.29, 1.82) is 0 Å². The number of nitrogens with zero attached hydrogens (tertiary/aromatic N) is 1. The zero-order valence-corrected chi connectivity index (χ0v) is 12.3. The van der Waals surface area contributed by atoms with Crippen molar-refractivity contribution < 1.29 is 4.74 Å². The largest absolute Gasteiger partial charge is 0.455 e. The Hall–Kier alpha value is -1.91. The van der Waals surface area contributed by atoms with Crippen molar-refractivity contribution in [3.8, 4) is 11.5 Å². The highest BCUT2D eigenvalue weighted by Crippen LogP contribution is 2.30. The van der Waals surface area contributed by atoms with Gasteiger partial charge in [-0.1, -0.05) is 40.2 Å². The first-order chi connectivity index (χ1) is 9.78. The van der Waals surface area contributed by atoms with Gasteiger partial charge in [0.05, 0.1) is 0 Å². The van der Waals surface area contributed by atoms with Crippen molar-refractivity contribution in [2.45, 2.75) is 6.54 Å². The van der Waals surface area contributed by atoms with Gasteiger partial charge < -0.3 is 10.5 Å². The first kappa shape index (κ1) is 13.1. The van der Waals surface area contributed by atoms with Crippen molar-refractivity contribution in [2.75, 3.05) is 0 Å². The maximum absolute atomic E-state index is 5.94. The van der Waals surface area contributed by atoms with E-state index in [0.29, 0.717) is 6.54 Å². The summed E-state index contributed by atoms with van der Waals surface area (Å²) in [6.07, 6.45) is 1.77. The quantitative estimate of drug-likeness (QED) is 0.781. The fourth-order valence-electron chi connectivity index (χ4n) is 2.04. The van der Waals surface area contributed by atoms with Crippen molar-refractivity contribution in [3.63, 3.8) is 0 Å². The summed E-state index contributed by atoms with van der Waals surface area (Å²) in [4.78, 5) is 4.38. The standard InChI is InChI=1S/C16H13BrN2O/c17-14-9-13(7-6-12(14)10-18)20-15-5-1-3-11-4-2-8-19-16(11)15/h1-9H,10,18H2. The summed E-state index contributed by atoms with van der Waals surface area (Å²) < 4.78 is 6.89. The molecule has 0 fully saturated rings. The average molecular weight is 329 g/mol. The Kier molecular flexibility index (Phi) is 3.67. The van der Waals surface area contributed by atoms with Crippen molar-refractivity contribution in [1.82, 2.24) is 4.98 Å². The van der Waals surface area contributed by atoms with E-state index in [1.54, 1.807) is 6.20 Å². The van der Waals surface area contributed by atoms with Crippen LogP contribution in [0.15, 0.2) is 59.2 Å². The fourth-order valence-corrected chi connectivity index (χ4v) is 2.56. The molecule has 2 N–H and O–H groups in total. The van der Waals surface area contributed by atoms with Crippen LogP contribution in [0.5, 0.6) is 11.5 Å². The van der Waals surface area contributed by atoms with Crippen LogP contribution in [0, 0.1) is 0 Å². The minimum atomic E-state index is 0.497. The van der Waals surface area contributed by atoms with Crippen LogP contribution in [0.3, 0.4) is 0 Å². The molecule has 1 heterocycles. The molecule has 0 bridgehead atoms. The number of rotatable bonds is 3. The van der Waals surface area contributed by atoms with Gasteiger partial charge in [0.2, 0.25) is 0 Å². The third kappa shape index (κ3) is 2.53. The molecule has 0 spiro atoms. The summed E-state index contributed by atoms with van der Waals surface area (Å²) in [5.74, 6) is 1.50. The number of nitrogens with two attached hydrogens (primary N) is 1. The predicted octanol–water partition coefficient (Wildman–Crippen LogP) is 4.25. The van der Waals surface area contributed by atoms with Crippen molar-refractivity contribution in [3.05, 3.63) is 64.8 Å². The Bertz CT molecular complexity index is 753. The van der Waals surface area contributed by atoms with E-state index in [1.165, 1.54) is 0 Å². The van der Waals surface area contributed by atoms with E-state index in [1.807, 2.05) is 48.5 Å². The van der Waals surface area contributed by atoms with E-state index in [9.17, 15) is 0 Å². The number of fused-ring (bicyclic) bond motifs is 1. The zero-order chi connectivity index (χ0) is 13.9. The lowest BCUT2D eigenvalue weighted by molar-refractivity contribution is 0.486. The smallest absolute Gasteiger partial charge is 0.153 e. The van der Waals surface area contributed by atoms with Crippen LogP contribution >= 0.6 is 15.9 Å². The molecule has 0 saturated heterocycles. The van der Waals surface area contributed by atoms with Gasteiger partial charge in [-0.3, -0.25) is 4.98 Å². The third-order valence-corrected chi connectivity index (χ3v) is 3.81. The average Bonchev–Trinajstić information content (AvgIpc) is 2.48. The van der Waals surface area contributed by atoms with E-state index < -0.39 is 0 Å². The fraction of sp³-hybridized carbons (Fsp3) is 0.0625. The van der Waals surface area contributed by atoms with Gasteiger partial charge in [0.1, 0.15) is 11.3 Å². The van der Waals surface area contributed by atoms with Crippen LogP contribution in [0.1, 0.15) is 5.56 Å². The number of hydrogen-bond acceptors (Lipinski definition) is 3. The molecular formula is C16H13BrN2O. The number of para-hydroxylation sites is 1. The van der Waals surface area contributed by atoms with E-state index >= 15 is 0 Å². The minimum absolute atomic E-state index is 0.497. The van der Waals surface area contributed by atoms with E-state index in [-0.39, 0.29) is 0 Å². The Morgan fingerprint density at radius 2 is 1.95 bits per heavy atom. The van der Waals surface area contributed by atoms with Crippen LogP contribution in [0.25, 0.3) is 10.9 Å². The predicted molar refractivity (Wildman–Crippen MR) is 83.9 cm³/mol. The number of hydrogen-bond donors (Lipinski definition) is 1. The number of aromatic nitrogens is 1. The molecule has 0 aliphatic heterocycles. The lowest BCUT2D eigenvalue weighted by atomic mass is 10.2. The molecule has 0 amide bonds. The lowest BCUT2D eigenvalue weighted by Gasteiger charge is -2.10. The Labute approximate surface area is 125 Å². The van der Waals surface area contributed by atoms with Gasteiger partial charge in [-0.2, -0.15) is 0 Å². The first-order valence-corrected chi connectivity index (χ1v) is 7.07. The Balaban J connectivity index is 1.99. The summed E-state index contributed by atoms with van der Waals surface area (Å²) in [5, 5.41) is 1.06. The second-order valence-corrected chi connectivity index (χ2v) is 5.25. The molecule has 0 saturated carbocycles. The molecule has 0 unspecified atom stereocenters. The summed E-state index contributed by atoms with van der Waals surface area (Å²) in [5.41, 5.74) is 7.55. The Morgan fingerprint density at radius 1 is 1.10 bits per heavy atom. The molecule has 3 aromatic rings. The SMILES string of the molecule is NCc1ccc(Oc2cccc3cccnc23)cc1Br. The van der Waals surface area contributed by atoms with Crippen LogP contribution in [0.4, 0.5) is 0 Å². The minimum Gasteiger partial charge on any atom is -0.455 e. The molecule has 0 radical (unpaired) electrons. The number of pyridine rings is 1. The van der Waals surface area contributed by atoms with E-state index in [4.69, 9.17) is 10.5 Å². The molecular weight excluding hydrogens is 316 g/mol. The number of benzene rings is 2. The zero-order valence-electron chi connectivity index (χ0n) is 10.7. The second-order valence-electron chi connectivity index (χ2n) is 4.39. The van der Waals surface area contributed by atoms with E-state index in [0.717, 1.165) is 32.4 Å². The molecule has 20 heavy (non-hydrogen) atoms. The summed E-state index contributed by atoms with van der Waals surface area (Å²) in [6, 6.07) is 15.6. The molecule has 0 aliphatic rings. The Morgan fingerprint density at radius 3 is 2.75 bits per heavy atom. The molecule has 0 atom stereocenters. The van der Waals surface area contributed by atoms with Crippen LogP contribution < -0.4 is 10.5 Å². The van der Waals surface area contributed by atoms with Gasteiger partial charge >= 0.3 is 0 Å². The maximum atomic E-state index is 5.94. The third-order valence-electron chi connectivity index (χ3n) is 3.07.